The summed E-state index contributed by atoms with van der Waals surface area (Å²) >= 11 is 0. The standard InChI is InChI=1S/C18H18N2O5/c1-11(21)12-6-7-14(24-3)13(9-12)10-20-16(22)18(2,19-17(20)23)15-5-4-8-25-15/h4-9H,10H2,1-3H3,(H,19,23)/t18-/m0/s1. The summed E-state index contributed by atoms with van der Waals surface area (Å²) in [6.07, 6.45) is 1.45. The highest BCUT2D eigenvalue weighted by Gasteiger charge is 2.51. The first-order chi connectivity index (χ1) is 11.9. The molecule has 1 atom stereocenters. The van der Waals surface area contributed by atoms with Crippen molar-refractivity contribution in [1.82, 2.24) is 10.2 Å². The van der Waals surface area contributed by atoms with Crippen molar-refractivity contribution in [1.29, 1.82) is 0 Å². The molecule has 1 aromatic heterocycles. The number of ether oxygens (including phenoxy) is 1. The maximum atomic E-state index is 12.8. The van der Waals surface area contributed by atoms with Gasteiger partial charge in [0.2, 0.25) is 0 Å². The van der Waals surface area contributed by atoms with Gasteiger partial charge in [0.25, 0.3) is 5.91 Å². The number of urea groups is 1. The third kappa shape index (κ3) is 2.77. The largest absolute Gasteiger partial charge is 0.496 e. The molecule has 0 saturated carbocycles. The molecular weight excluding hydrogens is 324 g/mol. The van der Waals surface area contributed by atoms with Crippen LogP contribution in [-0.4, -0.2) is 29.7 Å². The van der Waals surface area contributed by atoms with E-state index < -0.39 is 17.5 Å². The number of nitrogens with zero attached hydrogens (tertiary/aromatic N) is 1. The van der Waals surface area contributed by atoms with Crippen LogP contribution in [-0.2, 0) is 16.9 Å². The number of hydrogen-bond donors (Lipinski definition) is 1. The molecule has 1 saturated heterocycles. The number of hydrogen-bond acceptors (Lipinski definition) is 5. The van der Waals surface area contributed by atoms with Crippen LogP contribution in [0, 0.1) is 0 Å². The van der Waals surface area contributed by atoms with Gasteiger partial charge in [0.05, 0.1) is 19.9 Å². The van der Waals surface area contributed by atoms with E-state index in [-0.39, 0.29) is 12.3 Å². The number of rotatable bonds is 5. The summed E-state index contributed by atoms with van der Waals surface area (Å²) in [5.41, 5.74) is -0.203. The number of furan rings is 1. The number of carbonyl (C=O) groups excluding carboxylic acids is 3. The quantitative estimate of drug-likeness (QED) is 0.666. The topological polar surface area (TPSA) is 88.8 Å². The minimum absolute atomic E-state index is 0.00867. The van der Waals surface area contributed by atoms with Crippen LogP contribution >= 0.6 is 0 Å². The van der Waals surface area contributed by atoms with E-state index in [1.165, 1.54) is 20.3 Å². The fraction of sp³-hybridized carbons (Fsp3) is 0.278. The van der Waals surface area contributed by atoms with Crippen molar-refractivity contribution in [2.24, 2.45) is 0 Å². The van der Waals surface area contributed by atoms with Gasteiger partial charge in [-0.15, -0.1) is 0 Å². The van der Waals surface area contributed by atoms with Gasteiger partial charge in [0.1, 0.15) is 11.5 Å². The van der Waals surface area contributed by atoms with Gasteiger partial charge in [-0.25, -0.2) is 4.79 Å². The Kier molecular flexibility index (Phi) is 4.08. The maximum absolute atomic E-state index is 12.8. The van der Waals surface area contributed by atoms with E-state index in [0.717, 1.165) is 4.90 Å². The lowest BCUT2D eigenvalue weighted by Crippen LogP contribution is -2.40. The molecule has 0 spiro atoms. The molecular formula is C18H18N2O5. The second kappa shape index (κ2) is 6.08. The lowest BCUT2D eigenvalue weighted by atomic mass is 9.99. The van der Waals surface area contributed by atoms with Crippen LogP contribution in [0.1, 0.15) is 35.5 Å². The number of Topliss-reactive ketones (excluding diaryl/α,β-unsaturated/α-hetero) is 1. The van der Waals surface area contributed by atoms with Gasteiger partial charge in [-0.2, -0.15) is 0 Å². The number of carbonyl (C=O) groups is 3. The second-order valence-corrected chi connectivity index (χ2v) is 6.01. The molecule has 1 N–H and O–H groups in total. The van der Waals surface area contributed by atoms with Crippen LogP contribution in [0.15, 0.2) is 41.0 Å². The number of amides is 3. The molecule has 0 radical (unpaired) electrons. The zero-order valence-electron chi connectivity index (χ0n) is 14.2. The molecule has 7 nitrogen and oxygen atoms in total. The first kappa shape index (κ1) is 16.8. The molecule has 130 valence electrons. The van der Waals surface area contributed by atoms with Crippen LogP contribution < -0.4 is 10.1 Å². The Morgan fingerprint density at radius 2 is 2.08 bits per heavy atom. The first-order valence-corrected chi connectivity index (χ1v) is 7.72. The van der Waals surface area contributed by atoms with E-state index in [0.29, 0.717) is 22.6 Å². The lowest BCUT2D eigenvalue weighted by molar-refractivity contribution is -0.132. The van der Waals surface area contributed by atoms with Crippen molar-refractivity contribution < 1.29 is 23.5 Å². The molecule has 1 aliphatic heterocycles. The zero-order valence-corrected chi connectivity index (χ0v) is 14.2. The molecule has 25 heavy (non-hydrogen) atoms. The van der Waals surface area contributed by atoms with E-state index in [2.05, 4.69) is 5.32 Å². The monoisotopic (exact) mass is 342 g/mol. The van der Waals surface area contributed by atoms with Crippen LogP contribution in [0.2, 0.25) is 0 Å². The number of imide groups is 1. The van der Waals surface area contributed by atoms with Gasteiger partial charge in [-0.1, -0.05) is 0 Å². The molecule has 1 fully saturated rings. The van der Waals surface area contributed by atoms with Gasteiger partial charge < -0.3 is 14.5 Å². The number of benzene rings is 1. The Hall–Kier alpha value is -3.09. The molecule has 1 aromatic carbocycles. The number of nitrogens with one attached hydrogen (secondary N) is 1. The summed E-state index contributed by atoms with van der Waals surface area (Å²) in [6, 6.07) is 7.68. The Bertz CT molecular complexity index is 843. The van der Waals surface area contributed by atoms with Crippen molar-refractivity contribution in [3.8, 4) is 5.75 Å². The molecule has 3 amide bonds. The van der Waals surface area contributed by atoms with E-state index in [4.69, 9.17) is 9.15 Å². The fourth-order valence-electron chi connectivity index (χ4n) is 2.86. The highest BCUT2D eigenvalue weighted by atomic mass is 16.5. The summed E-state index contributed by atoms with van der Waals surface area (Å²) in [5, 5.41) is 2.66. The molecule has 2 heterocycles. The minimum atomic E-state index is -1.26. The predicted octanol–water partition coefficient (Wildman–Crippen LogP) is 2.46. The van der Waals surface area contributed by atoms with Crippen molar-refractivity contribution in [3.05, 3.63) is 53.5 Å². The molecule has 0 aliphatic carbocycles. The van der Waals surface area contributed by atoms with Gasteiger partial charge >= 0.3 is 6.03 Å². The average molecular weight is 342 g/mol. The molecule has 3 rings (SSSR count). The highest BCUT2D eigenvalue weighted by molar-refractivity contribution is 6.06. The summed E-state index contributed by atoms with van der Waals surface area (Å²) in [4.78, 5) is 37.9. The van der Waals surface area contributed by atoms with Crippen molar-refractivity contribution in [3.63, 3.8) is 0 Å². The van der Waals surface area contributed by atoms with Crippen LogP contribution in [0.4, 0.5) is 4.79 Å². The Balaban J connectivity index is 1.93. The molecule has 7 heteroatoms. The minimum Gasteiger partial charge on any atom is -0.496 e. The van der Waals surface area contributed by atoms with Gasteiger partial charge in [0, 0.05) is 11.1 Å². The molecule has 1 aliphatic rings. The maximum Gasteiger partial charge on any atom is 0.325 e. The van der Waals surface area contributed by atoms with E-state index in [1.807, 2.05) is 0 Å². The number of ketones is 1. The predicted molar refractivity (Wildman–Crippen MR) is 88.1 cm³/mol. The van der Waals surface area contributed by atoms with E-state index in [9.17, 15) is 14.4 Å². The third-order valence-electron chi connectivity index (χ3n) is 4.30. The van der Waals surface area contributed by atoms with Crippen molar-refractivity contribution >= 4 is 17.7 Å². The van der Waals surface area contributed by atoms with Gasteiger partial charge in [-0.3, -0.25) is 14.5 Å². The SMILES string of the molecule is COc1ccc(C(C)=O)cc1CN1C(=O)N[C@@](C)(c2ccco2)C1=O. The van der Waals surface area contributed by atoms with Gasteiger partial charge in [0.15, 0.2) is 11.3 Å². The summed E-state index contributed by atoms with van der Waals surface area (Å²) in [6.45, 7) is 3.04. The highest BCUT2D eigenvalue weighted by Crippen LogP contribution is 2.31. The Morgan fingerprint density at radius 1 is 1.32 bits per heavy atom. The average Bonchev–Trinajstić information content (AvgIpc) is 3.19. The summed E-state index contributed by atoms with van der Waals surface area (Å²) in [7, 11) is 1.49. The Morgan fingerprint density at radius 3 is 2.68 bits per heavy atom. The fourth-order valence-corrected chi connectivity index (χ4v) is 2.86. The van der Waals surface area contributed by atoms with E-state index in [1.54, 1.807) is 37.3 Å². The normalized spacial score (nSPS) is 19.9. The van der Waals surface area contributed by atoms with Crippen LogP contribution in [0.3, 0.4) is 0 Å². The third-order valence-corrected chi connectivity index (χ3v) is 4.30. The van der Waals surface area contributed by atoms with Crippen molar-refractivity contribution in [2.75, 3.05) is 7.11 Å². The van der Waals surface area contributed by atoms with Crippen LogP contribution in [0.5, 0.6) is 5.75 Å². The number of methoxy groups -OCH3 is 1. The second-order valence-electron chi connectivity index (χ2n) is 6.01. The zero-order chi connectivity index (χ0) is 18.2. The lowest BCUT2D eigenvalue weighted by Gasteiger charge is -2.19. The summed E-state index contributed by atoms with van der Waals surface area (Å²) < 4.78 is 10.6. The molecule has 2 aromatic rings. The van der Waals surface area contributed by atoms with E-state index >= 15 is 0 Å². The molecule has 0 unspecified atom stereocenters. The molecule has 0 bridgehead atoms. The van der Waals surface area contributed by atoms with Gasteiger partial charge in [-0.05, 0) is 44.2 Å². The Labute approximate surface area is 144 Å². The summed E-state index contributed by atoms with van der Waals surface area (Å²) in [5.74, 6) is 0.319. The van der Waals surface area contributed by atoms with Crippen LogP contribution in [0.25, 0.3) is 0 Å². The van der Waals surface area contributed by atoms with Crippen molar-refractivity contribution in [2.45, 2.75) is 25.9 Å². The first-order valence-electron chi connectivity index (χ1n) is 7.72. The smallest absolute Gasteiger partial charge is 0.325 e.